The Hall–Kier alpha value is -3.98. The molecule has 0 bridgehead atoms. The van der Waals surface area contributed by atoms with Crippen molar-refractivity contribution in [2.45, 2.75) is 17.9 Å². The summed E-state index contributed by atoms with van der Waals surface area (Å²) in [5, 5.41) is 0. The van der Waals surface area contributed by atoms with E-state index in [2.05, 4.69) is 11.3 Å². The molecule has 0 aliphatic rings. The molecule has 0 heterocycles. The molecule has 0 aliphatic heterocycles. The summed E-state index contributed by atoms with van der Waals surface area (Å²) in [6.45, 7) is 3.61. The molecular formula is C29H18F8O. The summed E-state index contributed by atoms with van der Waals surface area (Å²) < 4.78 is 122. The van der Waals surface area contributed by atoms with Crippen LogP contribution in [0.3, 0.4) is 0 Å². The van der Waals surface area contributed by atoms with Gasteiger partial charge in [0, 0.05) is 0 Å². The number of hydrogen-bond donors (Lipinski definition) is 0. The molecule has 1 nitrogen and oxygen atoms in total. The second kappa shape index (κ2) is 10.1. The van der Waals surface area contributed by atoms with Crippen molar-refractivity contribution in [1.82, 2.24) is 0 Å². The maximum Gasteiger partial charge on any atom is 0.426 e. The molecule has 196 valence electrons. The molecule has 0 aromatic heterocycles. The van der Waals surface area contributed by atoms with Crippen LogP contribution in [0.4, 0.5) is 35.1 Å². The van der Waals surface area contributed by atoms with E-state index in [0.717, 1.165) is 17.7 Å². The second-order valence-corrected chi connectivity index (χ2v) is 8.33. The number of benzene rings is 4. The monoisotopic (exact) mass is 534 g/mol. The van der Waals surface area contributed by atoms with E-state index in [-0.39, 0.29) is 5.56 Å². The van der Waals surface area contributed by atoms with Crippen molar-refractivity contribution in [3.05, 3.63) is 137 Å². The maximum absolute atomic E-state index is 15.5. The highest BCUT2D eigenvalue weighted by Crippen LogP contribution is 2.52. The Balaban J connectivity index is 1.84. The van der Waals surface area contributed by atoms with Gasteiger partial charge in [-0.1, -0.05) is 67.3 Å². The van der Waals surface area contributed by atoms with Crippen LogP contribution >= 0.6 is 0 Å². The molecule has 0 fully saturated rings. The summed E-state index contributed by atoms with van der Waals surface area (Å²) in [5.41, 5.74) is -5.79. The van der Waals surface area contributed by atoms with Crippen molar-refractivity contribution in [3.63, 3.8) is 0 Å². The van der Waals surface area contributed by atoms with Gasteiger partial charge in [0.25, 0.3) is 0 Å². The van der Waals surface area contributed by atoms with Gasteiger partial charge in [-0.3, -0.25) is 4.74 Å². The first-order chi connectivity index (χ1) is 17.9. The van der Waals surface area contributed by atoms with Gasteiger partial charge in [0.2, 0.25) is 5.60 Å². The number of ether oxygens (including phenoxy) is 1. The molecule has 0 N–H and O–H groups in total. The molecule has 0 atom stereocenters. The zero-order chi connectivity index (χ0) is 27.7. The molecule has 0 unspecified atom stereocenters. The third-order valence-electron chi connectivity index (χ3n) is 5.94. The van der Waals surface area contributed by atoms with E-state index < -0.39 is 52.0 Å². The van der Waals surface area contributed by atoms with E-state index >= 15 is 13.2 Å². The van der Waals surface area contributed by atoms with E-state index in [4.69, 9.17) is 0 Å². The minimum Gasteiger partial charge on any atom is -0.290 e. The van der Waals surface area contributed by atoms with E-state index in [0.29, 0.717) is 60.2 Å². The molecule has 4 aromatic carbocycles. The van der Waals surface area contributed by atoms with Gasteiger partial charge in [-0.25, -0.2) is 13.2 Å². The summed E-state index contributed by atoms with van der Waals surface area (Å²) in [6.07, 6.45) is -8.84. The van der Waals surface area contributed by atoms with Gasteiger partial charge >= 0.3 is 12.3 Å². The van der Waals surface area contributed by atoms with Gasteiger partial charge in [-0.2, -0.15) is 22.0 Å². The fraction of sp³-hybridized carbons (Fsp3) is 0.103. The fourth-order valence-electron chi connectivity index (χ4n) is 4.03. The van der Waals surface area contributed by atoms with E-state index in [1.54, 1.807) is 30.3 Å². The smallest absolute Gasteiger partial charge is 0.290 e. The minimum absolute atomic E-state index is 0.191. The van der Waals surface area contributed by atoms with Crippen LogP contribution in [0.1, 0.15) is 22.3 Å². The Kier molecular flexibility index (Phi) is 7.16. The lowest BCUT2D eigenvalue weighted by atomic mass is 9.85. The Bertz CT molecular complexity index is 1380. The largest absolute Gasteiger partial charge is 0.426 e. The fourth-order valence-corrected chi connectivity index (χ4v) is 4.03. The molecule has 0 saturated heterocycles. The van der Waals surface area contributed by atoms with Gasteiger partial charge < -0.3 is 0 Å². The number of hydrogen-bond acceptors (Lipinski definition) is 1. The van der Waals surface area contributed by atoms with E-state index in [1.165, 1.54) is 0 Å². The van der Waals surface area contributed by atoms with Crippen molar-refractivity contribution >= 4 is 6.08 Å². The third-order valence-corrected chi connectivity index (χ3v) is 5.94. The van der Waals surface area contributed by atoms with Gasteiger partial charge in [0.05, 0.1) is 5.56 Å². The van der Waals surface area contributed by atoms with E-state index in [1.807, 2.05) is 0 Å². The lowest BCUT2D eigenvalue weighted by Gasteiger charge is -2.39. The van der Waals surface area contributed by atoms with E-state index in [9.17, 15) is 22.0 Å². The van der Waals surface area contributed by atoms with Crippen LogP contribution in [-0.2, 0) is 16.4 Å². The summed E-state index contributed by atoms with van der Waals surface area (Å²) in [4.78, 5) is 0. The molecule has 38 heavy (non-hydrogen) atoms. The quantitative estimate of drug-likeness (QED) is 0.215. The molecule has 0 amide bonds. The van der Waals surface area contributed by atoms with Crippen LogP contribution in [-0.4, -0.2) is 6.18 Å². The van der Waals surface area contributed by atoms with Crippen LogP contribution < -0.4 is 0 Å². The Labute approximate surface area is 212 Å². The maximum atomic E-state index is 15.5. The second-order valence-electron chi connectivity index (χ2n) is 8.33. The Morgan fingerprint density at radius 1 is 0.605 bits per heavy atom. The first kappa shape index (κ1) is 27.1. The topological polar surface area (TPSA) is 9.23 Å². The molecule has 0 aliphatic carbocycles. The van der Waals surface area contributed by atoms with Gasteiger partial charge in [-0.05, 0) is 64.2 Å². The number of halogens is 8. The van der Waals surface area contributed by atoms with Crippen LogP contribution in [0.25, 0.3) is 17.2 Å². The summed E-state index contributed by atoms with van der Waals surface area (Å²) in [5.74, 6) is -3.38. The highest BCUT2D eigenvalue weighted by Gasteiger charge is 2.63. The first-order valence-corrected chi connectivity index (χ1v) is 11.1. The zero-order valence-electron chi connectivity index (χ0n) is 19.4. The lowest BCUT2D eigenvalue weighted by Crippen LogP contribution is -2.49. The van der Waals surface area contributed by atoms with Crippen LogP contribution in [0, 0.1) is 17.5 Å². The SMILES string of the molecule is C=Cc1ccc(-c2ccc(C(F)(F)OC(c3ccc(F)cc3)(c3ccc(F)cc3)C(F)(F)F)c(F)c2)cc1. The van der Waals surface area contributed by atoms with Crippen molar-refractivity contribution in [1.29, 1.82) is 0 Å². The van der Waals surface area contributed by atoms with Crippen molar-refractivity contribution in [3.8, 4) is 11.1 Å². The van der Waals surface area contributed by atoms with Gasteiger partial charge in [-0.15, -0.1) is 0 Å². The van der Waals surface area contributed by atoms with Crippen molar-refractivity contribution in [2.75, 3.05) is 0 Å². The average molecular weight is 534 g/mol. The number of rotatable bonds is 7. The molecule has 0 saturated carbocycles. The molecule has 0 spiro atoms. The predicted molar refractivity (Wildman–Crippen MR) is 127 cm³/mol. The third kappa shape index (κ3) is 5.06. The average Bonchev–Trinajstić information content (AvgIpc) is 2.87. The van der Waals surface area contributed by atoms with Crippen LogP contribution in [0.5, 0.6) is 0 Å². The summed E-state index contributed by atoms with van der Waals surface area (Å²) in [6, 6.07) is 14.0. The van der Waals surface area contributed by atoms with Crippen LogP contribution in [0.15, 0.2) is 97.6 Å². The van der Waals surface area contributed by atoms with Crippen molar-refractivity contribution in [2.24, 2.45) is 0 Å². The molecule has 9 heteroatoms. The first-order valence-electron chi connectivity index (χ1n) is 11.1. The Morgan fingerprint density at radius 3 is 1.50 bits per heavy atom. The van der Waals surface area contributed by atoms with Gasteiger partial charge in [0.1, 0.15) is 17.5 Å². The summed E-state index contributed by atoms with van der Waals surface area (Å²) in [7, 11) is 0. The molecule has 0 radical (unpaired) electrons. The predicted octanol–water partition coefficient (Wildman–Crippen LogP) is 8.99. The number of alkyl halides is 5. The normalized spacial score (nSPS) is 12.4. The van der Waals surface area contributed by atoms with Crippen molar-refractivity contribution < 1.29 is 39.9 Å². The summed E-state index contributed by atoms with van der Waals surface area (Å²) >= 11 is 0. The van der Waals surface area contributed by atoms with Crippen LogP contribution in [0.2, 0.25) is 0 Å². The minimum atomic E-state index is -5.57. The molecular weight excluding hydrogens is 516 g/mol. The zero-order valence-corrected chi connectivity index (χ0v) is 19.4. The standard InChI is InChI=1S/C29H18F8O/c1-2-18-3-5-19(6-4-18)20-7-16-25(26(32)17-20)28(33,34)38-27(29(35,36)37,21-8-12-23(30)13-9-21)22-10-14-24(31)15-11-22/h2-17H,1H2. The molecule has 4 aromatic rings. The van der Waals surface area contributed by atoms with Gasteiger partial charge in [0.15, 0.2) is 0 Å². The highest BCUT2D eigenvalue weighted by molar-refractivity contribution is 5.66. The lowest BCUT2D eigenvalue weighted by molar-refractivity contribution is -0.371. The highest BCUT2D eigenvalue weighted by atomic mass is 19.4. The Morgan fingerprint density at radius 2 is 1.08 bits per heavy atom. The molecule has 4 rings (SSSR count).